The topological polar surface area (TPSA) is 75.2 Å². The molecule has 100 valence electrons. The van der Waals surface area contributed by atoms with E-state index in [2.05, 4.69) is 19.6 Å². The van der Waals surface area contributed by atoms with E-state index < -0.39 is 10.0 Å². The van der Waals surface area contributed by atoms with Gasteiger partial charge in [-0.2, -0.15) is 0 Å². The molecule has 1 atom stereocenters. The molecule has 0 aromatic carbocycles. The molecule has 1 aromatic rings. The van der Waals surface area contributed by atoms with E-state index in [1.807, 2.05) is 6.92 Å². The van der Waals surface area contributed by atoms with E-state index >= 15 is 0 Å². The lowest BCUT2D eigenvalue weighted by molar-refractivity contribution is 0.465. The van der Waals surface area contributed by atoms with Crippen molar-refractivity contribution < 1.29 is 8.42 Å². The molecular formula is C11H18N4O2S. The van der Waals surface area contributed by atoms with Crippen molar-refractivity contribution >= 4 is 15.8 Å². The standard InChI is InChI=1S/C11H18N4O2S/c1-9-6-12-7-11(13-9)15-5-3-4-10(8-15)14-18(2,16)17/h6-7,10,14H,3-5,8H2,1-2H3. The van der Waals surface area contributed by atoms with Gasteiger partial charge in [0.05, 0.1) is 18.1 Å². The Morgan fingerprint density at radius 2 is 2.22 bits per heavy atom. The molecule has 18 heavy (non-hydrogen) atoms. The Hall–Kier alpha value is -1.21. The Kier molecular flexibility index (Phi) is 3.82. The Morgan fingerprint density at radius 1 is 1.44 bits per heavy atom. The minimum atomic E-state index is -3.15. The van der Waals surface area contributed by atoms with E-state index in [4.69, 9.17) is 0 Å². The van der Waals surface area contributed by atoms with Crippen LogP contribution in [0.3, 0.4) is 0 Å². The van der Waals surface area contributed by atoms with Gasteiger partial charge >= 0.3 is 0 Å². The van der Waals surface area contributed by atoms with Crippen LogP contribution >= 0.6 is 0 Å². The molecule has 0 aliphatic carbocycles. The number of aryl methyl sites for hydroxylation is 1. The summed E-state index contributed by atoms with van der Waals surface area (Å²) in [5.74, 6) is 0.815. The molecule has 2 heterocycles. The Balaban J connectivity index is 2.07. The van der Waals surface area contributed by atoms with Gasteiger partial charge in [0.25, 0.3) is 0 Å². The van der Waals surface area contributed by atoms with Gasteiger partial charge in [0.2, 0.25) is 10.0 Å². The number of hydrogen-bond acceptors (Lipinski definition) is 5. The molecule has 1 aromatic heterocycles. The van der Waals surface area contributed by atoms with Crippen molar-refractivity contribution in [2.45, 2.75) is 25.8 Å². The fourth-order valence-electron chi connectivity index (χ4n) is 2.19. The summed E-state index contributed by atoms with van der Waals surface area (Å²) >= 11 is 0. The van der Waals surface area contributed by atoms with Gasteiger partial charge in [-0.3, -0.25) is 4.98 Å². The maximum absolute atomic E-state index is 11.2. The van der Waals surface area contributed by atoms with Crippen LogP contribution in [0.1, 0.15) is 18.5 Å². The number of aromatic nitrogens is 2. The first-order valence-electron chi connectivity index (χ1n) is 5.95. The molecule has 1 fully saturated rings. The van der Waals surface area contributed by atoms with Gasteiger partial charge in [-0.1, -0.05) is 0 Å². The largest absolute Gasteiger partial charge is 0.354 e. The second-order valence-electron chi connectivity index (χ2n) is 4.69. The quantitative estimate of drug-likeness (QED) is 0.855. The van der Waals surface area contributed by atoms with Crippen molar-refractivity contribution in [1.29, 1.82) is 0 Å². The van der Waals surface area contributed by atoms with Gasteiger partial charge in [0, 0.05) is 25.3 Å². The van der Waals surface area contributed by atoms with E-state index in [1.54, 1.807) is 12.4 Å². The summed E-state index contributed by atoms with van der Waals surface area (Å²) in [6.07, 6.45) is 6.43. The van der Waals surface area contributed by atoms with Crippen LogP contribution in [0.4, 0.5) is 5.82 Å². The number of nitrogens with one attached hydrogen (secondary N) is 1. The summed E-state index contributed by atoms with van der Waals surface area (Å²) in [6, 6.07) is -0.0453. The third-order valence-electron chi connectivity index (χ3n) is 2.87. The van der Waals surface area contributed by atoms with Crippen LogP contribution in [0.2, 0.25) is 0 Å². The minimum absolute atomic E-state index is 0.0453. The summed E-state index contributed by atoms with van der Waals surface area (Å²) in [5.41, 5.74) is 0.866. The maximum atomic E-state index is 11.2. The second-order valence-corrected chi connectivity index (χ2v) is 6.47. The highest BCUT2D eigenvalue weighted by Crippen LogP contribution is 2.17. The molecule has 0 spiro atoms. The van der Waals surface area contributed by atoms with Gasteiger partial charge in [-0.05, 0) is 19.8 Å². The summed E-state index contributed by atoms with van der Waals surface area (Å²) < 4.78 is 25.1. The van der Waals surface area contributed by atoms with E-state index in [-0.39, 0.29) is 6.04 Å². The van der Waals surface area contributed by atoms with Crippen molar-refractivity contribution in [1.82, 2.24) is 14.7 Å². The van der Waals surface area contributed by atoms with Crippen LogP contribution < -0.4 is 9.62 Å². The third-order valence-corrected chi connectivity index (χ3v) is 3.63. The maximum Gasteiger partial charge on any atom is 0.209 e. The van der Waals surface area contributed by atoms with Gasteiger partial charge in [-0.25, -0.2) is 18.1 Å². The molecule has 1 aliphatic heterocycles. The highest BCUT2D eigenvalue weighted by atomic mass is 32.2. The van der Waals surface area contributed by atoms with E-state index in [1.165, 1.54) is 6.26 Å². The van der Waals surface area contributed by atoms with Crippen LogP contribution in [0.25, 0.3) is 0 Å². The average Bonchev–Trinajstić information content (AvgIpc) is 2.27. The van der Waals surface area contributed by atoms with Gasteiger partial charge in [-0.15, -0.1) is 0 Å². The van der Waals surface area contributed by atoms with Gasteiger partial charge in [0.1, 0.15) is 5.82 Å². The van der Waals surface area contributed by atoms with Crippen LogP contribution in [0.5, 0.6) is 0 Å². The van der Waals surface area contributed by atoms with Crippen molar-refractivity contribution in [3.63, 3.8) is 0 Å². The SMILES string of the molecule is Cc1cncc(N2CCCC(NS(C)(=O)=O)C2)n1. The van der Waals surface area contributed by atoms with Crippen LogP contribution in [0.15, 0.2) is 12.4 Å². The Labute approximate surface area is 107 Å². The van der Waals surface area contributed by atoms with E-state index in [0.717, 1.165) is 30.9 Å². The molecule has 0 saturated carbocycles. The first-order chi connectivity index (χ1) is 8.44. The summed E-state index contributed by atoms with van der Waals surface area (Å²) in [7, 11) is -3.15. The molecular weight excluding hydrogens is 252 g/mol. The molecule has 1 saturated heterocycles. The molecule has 0 bridgehead atoms. The highest BCUT2D eigenvalue weighted by molar-refractivity contribution is 7.88. The number of anilines is 1. The number of sulfonamides is 1. The van der Waals surface area contributed by atoms with Gasteiger partial charge < -0.3 is 4.90 Å². The lowest BCUT2D eigenvalue weighted by atomic mass is 10.1. The van der Waals surface area contributed by atoms with Crippen molar-refractivity contribution in [2.75, 3.05) is 24.2 Å². The molecule has 6 nitrogen and oxygen atoms in total. The zero-order valence-corrected chi connectivity index (χ0v) is 11.4. The first kappa shape index (κ1) is 13.2. The Morgan fingerprint density at radius 3 is 2.89 bits per heavy atom. The molecule has 1 N–H and O–H groups in total. The molecule has 7 heteroatoms. The lowest BCUT2D eigenvalue weighted by Gasteiger charge is -2.33. The lowest BCUT2D eigenvalue weighted by Crippen LogP contribution is -2.47. The monoisotopic (exact) mass is 270 g/mol. The average molecular weight is 270 g/mol. The second kappa shape index (κ2) is 5.19. The van der Waals surface area contributed by atoms with E-state index in [9.17, 15) is 8.42 Å². The predicted molar refractivity (Wildman–Crippen MR) is 70.0 cm³/mol. The van der Waals surface area contributed by atoms with Crippen molar-refractivity contribution in [3.8, 4) is 0 Å². The molecule has 0 radical (unpaired) electrons. The van der Waals surface area contributed by atoms with Crippen molar-refractivity contribution in [2.24, 2.45) is 0 Å². The summed E-state index contributed by atoms with van der Waals surface area (Å²) in [5, 5.41) is 0. The predicted octanol–water partition coefficient (Wildman–Crippen LogP) is 0.303. The van der Waals surface area contributed by atoms with Crippen LogP contribution in [0, 0.1) is 6.92 Å². The fraction of sp³-hybridized carbons (Fsp3) is 0.636. The van der Waals surface area contributed by atoms with Gasteiger partial charge in [0.15, 0.2) is 0 Å². The smallest absolute Gasteiger partial charge is 0.209 e. The zero-order valence-electron chi connectivity index (χ0n) is 10.6. The van der Waals surface area contributed by atoms with Crippen LogP contribution in [-0.2, 0) is 10.0 Å². The highest BCUT2D eigenvalue weighted by Gasteiger charge is 2.23. The van der Waals surface area contributed by atoms with Crippen LogP contribution in [-0.4, -0.2) is 43.8 Å². The first-order valence-corrected chi connectivity index (χ1v) is 7.84. The Bertz CT molecular complexity index is 518. The molecule has 0 amide bonds. The summed E-state index contributed by atoms with van der Waals surface area (Å²) in [6.45, 7) is 3.43. The fourth-order valence-corrected chi connectivity index (χ4v) is 2.98. The number of nitrogens with zero attached hydrogens (tertiary/aromatic N) is 3. The summed E-state index contributed by atoms with van der Waals surface area (Å²) in [4.78, 5) is 10.6. The normalized spacial score (nSPS) is 21.0. The minimum Gasteiger partial charge on any atom is -0.354 e. The molecule has 1 aliphatic rings. The molecule has 1 unspecified atom stereocenters. The zero-order chi connectivity index (χ0) is 13.2. The number of piperidine rings is 1. The third kappa shape index (κ3) is 3.64. The van der Waals surface area contributed by atoms with Crippen molar-refractivity contribution in [3.05, 3.63) is 18.1 Å². The molecule has 2 rings (SSSR count). The van der Waals surface area contributed by atoms with E-state index in [0.29, 0.717) is 6.54 Å². The number of rotatable bonds is 3. The number of hydrogen-bond donors (Lipinski definition) is 1.